The van der Waals surface area contributed by atoms with E-state index in [0.29, 0.717) is 5.92 Å². The predicted octanol–water partition coefficient (Wildman–Crippen LogP) is 2.90. The van der Waals surface area contributed by atoms with Crippen LogP contribution in [0.1, 0.15) is 43.8 Å². The molecular formula is C13H18N4. The van der Waals surface area contributed by atoms with Gasteiger partial charge in [-0.3, -0.25) is 5.84 Å². The van der Waals surface area contributed by atoms with Crippen LogP contribution in [0, 0.1) is 0 Å². The molecule has 0 saturated heterocycles. The van der Waals surface area contributed by atoms with Crippen LogP contribution in [0.2, 0.25) is 0 Å². The standard InChI is InChI=1S/C13H18N4/c14-17-10-6-7-11-12(8-10)16-13(15-11)9-4-2-1-3-5-9/h6-9,17H,1-5,14H2,(H,15,16). The van der Waals surface area contributed by atoms with Crippen molar-refractivity contribution in [2.24, 2.45) is 5.84 Å². The number of anilines is 1. The number of hydrazine groups is 1. The molecule has 3 rings (SSSR count). The molecule has 1 aliphatic rings. The lowest BCUT2D eigenvalue weighted by Crippen LogP contribution is -2.06. The molecular weight excluding hydrogens is 212 g/mol. The molecule has 0 atom stereocenters. The van der Waals surface area contributed by atoms with Crippen molar-refractivity contribution in [1.29, 1.82) is 0 Å². The third-order valence-electron chi connectivity index (χ3n) is 3.66. The summed E-state index contributed by atoms with van der Waals surface area (Å²) in [5.41, 5.74) is 5.68. The van der Waals surface area contributed by atoms with Gasteiger partial charge in [0.1, 0.15) is 5.82 Å². The number of benzene rings is 1. The second kappa shape index (κ2) is 4.37. The summed E-state index contributed by atoms with van der Waals surface area (Å²) >= 11 is 0. The quantitative estimate of drug-likeness (QED) is 0.549. The largest absolute Gasteiger partial charge is 0.342 e. The summed E-state index contributed by atoms with van der Waals surface area (Å²) in [4.78, 5) is 8.12. The number of nitrogens with one attached hydrogen (secondary N) is 2. The lowest BCUT2D eigenvalue weighted by atomic mass is 9.89. The Kier molecular flexibility index (Phi) is 2.73. The average Bonchev–Trinajstić information content (AvgIpc) is 2.82. The maximum Gasteiger partial charge on any atom is 0.110 e. The van der Waals surface area contributed by atoms with Gasteiger partial charge in [0.25, 0.3) is 0 Å². The summed E-state index contributed by atoms with van der Waals surface area (Å²) < 4.78 is 0. The first kappa shape index (κ1) is 10.6. The van der Waals surface area contributed by atoms with Crippen LogP contribution in [0.5, 0.6) is 0 Å². The molecule has 4 nitrogen and oxygen atoms in total. The zero-order valence-corrected chi connectivity index (χ0v) is 9.87. The van der Waals surface area contributed by atoms with E-state index >= 15 is 0 Å². The van der Waals surface area contributed by atoms with E-state index in [1.807, 2.05) is 18.2 Å². The molecule has 4 heteroatoms. The van der Waals surface area contributed by atoms with Crippen molar-refractivity contribution in [3.8, 4) is 0 Å². The number of nitrogens with two attached hydrogens (primary N) is 1. The molecule has 1 aromatic carbocycles. The highest BCUT2D eigenvalue weighted by Crippen LogP contribution is 2.32. The zero-order valence-electron chi connectivity index (χ0n) is 9.87. The molecule has 0 unspecified atom stereocenters. The summed E-state index contributed by atoms with van der Waals surface area (Å²) in [5.74, 6) is 7.17. The lowest BCUT2D eigenvalue weighted by molar-refractivity contribution is 0.431. The smallest absolute Gasteiger partial charge is 0.110 e. The molecule has 0 radical (unpaired) electrons. The fourth-order valence-electron chi connectivity index (χ4n) is 2.69. The van der Waals surface area contributed by atoms with Crippen molar-refractivity contribution in [2.75, 3.05) is 5.43 Å². The van der Waals surface area contributed by atoms with Crippen LogP contribution < -0.4 is 11.3 Å². The number of aromatic nitrogens is 2. The second-order valence-corrected chi connectivity index (χ2v) is 4.83. The molecule has 90 valence electrons. The number of nitrogen functional groups attached to an aromatic ring is 1. The number of aromatic amines is 1. The third kappa shape index (κ3) is 2.00. The van der Waals surface area contributed by atoms with Gasteiger partial charge in [0, 0.05) is 5.92 Å². The molecule has 4 N–H and O–H groups in total. The first-order valence-corrected chi connectivity index (χ1v) is 6.33. The van der Waals surface area contributed by atoms with E-state index in [2.05, 4.69) is 15.4 Å². The predicted molar refractivity (Wildman–Crippen MR) is 69.7 cm³/mol. The van der Waals surface area contributed by atoms with Gasteiger partial charge < -0.3 is 10.4 Å². The Balaban J connectivity index is 1.95. The van der Waals surface area contributed by atoms with E-state index in [9.17, 15) is 0 Å². The van der Waals surface area contributed by atoms with Gasteiger partial charge in [-0.1, -0.05) is 19.3 Å². The number of hydrogen-bond acceptors (Lipinski definition) is 3. The van der Waals surface area contributed by atoms with Gasteiger partial charge >= 0.3 is 0 Å². The van der Waals surface area contributed by atoms with Crippen molar-refractivity contribution in [1.82, 2.24) is 9.97 Å². The SMILES string of the molecule is NNc1ccc2nc(C3CCCCC3)[nH]c2c1. The normalized spacial score (nSPS) is 17.5. The Morgan fingerprint density at radius 3 is 2.82 bits per heavy atom. The van der Waals surface area contributed by atoms with Crippen LogP contribution in [-0.4, -0.2) is 9.97 Å². The Labute approximate surface area is 101 Å². The maximum absolute atomic E-state index is 5.41. The van der Waals surface area contributed by atoms with Crippen LogP contribution >= 0.6 is 0 Å². The molecule has 1 fully saturated rings. The van der Waals surface area contributed by atoms with Gasteiger partial charge in [0.05, 0.1) is 16.7 Å². The Bertz CT molecular complexity index is 511. The molecule has 0 aliphatic heterocycles. The molecule has 2 aromatic rings. The number of fused-ring (bicyclic) bond motifs is 1. The fourth-order valence-corrected chi connectivity index (χ4v) is 2.69. The summed E-state index contributed by atoms with van der Waals surface area (Å²) in [5, 5.41) is 0. The van der Waals surface area contributed by atoms with Crippen LogP contribution in [0.3, 0.4) is 0 Å². The Morgan fingerprint density at radius 2 is 2.06 bits per heavy atom. The van der Waals surface area contributed by atoms with E-state index in [4.69, 9.17) is 5.84 Å². The highest BCUT2D eigenvalue weighted by Gasteiger charge is 2.18. The lowest BCUT2D eigenvalue weighted by Gasteiger charge is -2.18. The minimum Gasteiger partial charge on any atom is -0.342 e. The highest BCUT2D eigenvalue weighted by atomic mass is 15.2. The molecule has 17 heavy (non-hydrogen) atoms. The Hall–Kier alpha value is -1.55. The maximum atomic E-state index is 5.41. The summed E-state index contributed by atoms with van der Waals surface area (Å²) in [6, 6.07) is 5.97. The van der Waals surface area contributed by atoms with Crippen LogP contribution in [-0.2, 0) is 0 Å². The van der Waals surface area contributed by atoms with Gasteiger partial charge in [0.15, 0.2) is 0 Å². The topological polar surface area (TPSA) is 66.7 Å². The first-order chi connectivity index (χ1) is 8.36. The van der Waals surface area contributed by atoms with E-state index < -0.39 is 0 Å². The number of nitrogens with zero attached hydrogens (tertiary/aromatic N) is 1. The van der Waals surface area contributed by atoms with Gasteiger partial charge in [-0.2, -0.15) is 0 Å². The van der Waals surface area contributed by atoms with Gasteiger partial charge in [-0.25, -0.2) is 4.98 Å². The average molecular weight is 230 g/mol. The number of rotatable bonds is 2. The molecule has 1 heterocycles. The molecule has 0 spiro atoms. The van der Waals surface area contributed by atoms with E-state index in [0.717, 1.165) is 22.5 Å². The number of H-pyrrole nitrogens is 1. The second-order valence-electron chi connectivity index (χ2n) is 4.83. The molecule has 1 saturated carbocycles. The minimum atomic E-state index is 0.616. The fraction of sp³-hybridized carbons (Fsp3) is 0.462. The number of imidazole rings is 1. The van der Waals surface area contributed by atoms with E-state index in [1.54, 1.807) is 0 Å². The van der Waals surface area contributed by atoms with E-state index in [-0.39, 0.29) is 0 Å². The summed E-state index contributed by atoms with van der Waals surface area (Å²) in [6.07, 6.45) is 6.57. The monoisotopic (exact) mass is 230 g/mol. The minimum absolute atomic E-state index is 0.616. The summed E-state index contributed by atoms with van der Waals surface area (Å²) in [6.45, 7) is 0. The summed E-state index contributed by atoms with van der Waals surface area (Å²) in [7, 11) is 0. The molecule has 0 bridgehead atoms. The molecule has 0 amide bonds. The highest BCUT2D eigenvalue weighted by molar-refractivity contribution is 5.79. The molecule has 1 aliphatic carbocycles. The zero-order chi connectivity index (χ0) is 11.7. The first-order valence-electron chi connectivity index (χ1n) is 6.33. The van der Waals surface area contributed by atoms with Gasteiger partial charge in [-0.05, 0) is 31.0 Å². The van der Waals surface area contributed by atoms with Gasteiger partial charge in [-0.15, -0.1) is 0 Å². The molecule has 1 aromatic heterocycles. The van der Waals surface area contributed by atoms with Gasteiger partial charge in [0.2, 0.25) is 0 Å². The van der Waals surface area contributed by atoms with Crippen molar-refractivity contribution in [3.05, 3.63) is 24.0 Å². The van der Waals surface area contributed by atoms with Crippen molar-refractivity contribution in [2.45, 2.75) is 38.0 Å². The third-order valence-corrected chi connectivity index (χ3v) is 3.66. The van der Waals surface area contributed by atoms with Crippen LogP contribution in [0.4, 0.5) is 5.69 Å². The van der Waals surface area contributed by atoms with Crippen molar-refractivity contribution >= 4 is 16.7 Å². The number of hydrogen-bond donors (Lipinski definition) is 3. The Morgan fingerprint density at radius 1 is 1.24 bits per heavy atom. The van der Waals surface area contributed by atoms with Crippen LogP contribution in [0.25, 0.3) is 11.0 Å². The van der Waals surface area contributed by atoms with Crippen molar-refractivity contribution < 1.29 is 0 Å². The van der Waals surface area contributed by atoms with Crippen molar-refractivity contribution in [3.63, 3.8) is 0 Å². The van der Waals surface area contributed by atoms with Crippen LogP contribution in [0.15, 0.2) is 18.2 Å². The van der Waals surface area contributed by atoms with E-state index in [1.165, 1.54) is 32.1 Å².